The average Bonchev–Trinajstić information content (AvgIpc) is 2.79. The standard InChI is InChI=1S/C12H8F3NO4/c13-12(14,15)8-1-2-10(17)16(4-8)5-9-3-7(6-20-9)11(18)19/h1-4,6H,5H2,(H,18,19). The molecular formula is C12H8F3NO4. The van der Waals surface area contributed by atoms with Gasteiger partial charge in [0.25, 0.3) is 5.56 Å². The van der Waals surface area contributed by atoms with E-state index in [4.69, 9.17) is 9.52 Å². The minimum atomic E-state index is -4.56. The molecule has 0 aliphatic carbocycles. The Balaban J connectivity index is 2.32. The fraction of sp³-hybridized carbons (Fsp3) is 0.167. The summed E-state index contributed by atoms with van der Waals surface area (Å²) in [4.78, 5) is 22.1. The lowest BCUT2D eigenvalue weighted by atomic mass is 10.2. The Morgan fingerprint density at radius 2 is 2.05 bits per heavy atom. The fourth-order valence-electron chi connectivity index (χ4n) is 1.57. The van der Waals surface area contributed by atoms with Gasteiger partial charge < -0.3 is 14.1 Å². The van der Waals surface area contributed by atoms with Gasteiger partial charge in [0.05, 0.1) is 17.7 Å². The molecule has 0 saturated heterocycles. The van der Waals surface area contributed by atoms with Gasteiger partial charge in [-0.1, -0.05) is 0 Å². The van der Waals surface area contributed by atoms with Gasteiger partial charge in [-0.2, -0.15) is 13.2 Å². The minimum Gasteiger partial charge on any atom is -0.478 e. The lowest BCUT2D eigenvalue weighted by Crippen LogP contribution is -2.21. The van der Waals surface area contributed by atoms with Gasteiger partial charge in [0.1, 0.15) is 12.0 Å². The molecule has 0 radical (unpaired) electrons. The van der Waals surface area contributed by atoms with Crippen molar-refractivity contribution in [3.8, 4) is 0 Å². The van der Waals surface area contributed by atoms with E-state index in [0.717, 1.165) is 23.0 Å². The smallest absolute Gasteiger partial charge is 0.417 e. The summed E-state index contributed by atoms with van der Waals surface area (Å²) < 4.78 is 43.3. The number of halogens is 3. The first kappa shape index (κ1) is 13.9. The minimum absolute atomic E-state index is 0.0730. The van der Waals surface area contributed by atoms with Gasteiger partial charge in [0.15, 0.2) is 0 Å². The number of alkyl halides is 3. The molecule has 106 valence electrons. The Morgan fingerprint density at radius 3 is 2.60 bits per heavy atom. The number of hydrogen-bond acceptors (Lipinski definition) is 3. The van der Waals surface area contributed by atoms with Crippen LogP contribution in [0.3, 0.4) is 0 Å². The fourth-order valence-corrected chi connectivity index (χ4v) is 1.57. The molecule has 0 unspecified atom stereocenters. The maximum atomic E-state index is 12.5. The number of rotatable bonds is 3. The first-order valence-corrected chi connectivity index (χ1v) is 5.36. The quantitative estimate of drug-likeness (QED) is 0.939. The Hall–Kier alpha value is -2.51. The van der Waals surface area contributed by atoms with Crippen molar-refractivity contribution in [2.24, 2.45) is 0 Å². The number of carboxylic acid groups (broad SMARTS) is 1. The van der Waals surface area contributed by atoms with Gasteiger partial charge in [-0.3, -0.25) is 4.79 Å². The Morgan fingerprint density at radius 1 is 1.35 bits per heavy atom. The highest BCUT2D eigenvalue weighted by molar-refractivity contribution is 5.87. The van der Waals surface area contributed by atoms with Crippen molar-refractivity contribution in [3.63, 3.8) is 0 Å². The van der Waals surface area contributed by atoms with Gasteiger partial charge in [-0.05, 0) is 12.1 Å². The van der Waals surface area contributed by atoms with E-state index in [1.165, 1.54) is 0 Å². The van der Waals surface area contributed by atoms with Crippen LogP contribution in [0.1, 0.15) is 21.7 Å². The normalized spacial score (nSPS) is 11.6. The zero-order chi connectivity index (χ0) is 14.9. The second kappa shape index (κ2) is 4.87. The zero-order valence-corrected chi connectivity index (χ0v) is 9.85. The van der Waals surface area contributed by atoms with E-state index in [-0.39, 0.29) is 17.9 Å². The number of nitrogens with zero attached hydrogens (tertiary/aromatic N) is 1. The summed E-state index contributed by atoms with van der Waals surface area (Å²) in [7, 11) is 0. The van der Waals surface area contributed by atoms with Crippen molar-refractivity contribution in [3.05, 3.63) is 57.9 Å². The third-order valence-electron chi connectivity index (χ3n) is 2.54. The number of carbonyl (C=O) groups is 1. The van der Waals surface area contributed by atoms with Crippen molar-refractivity contribution in [2.75, 3.05) is 0 Å². The number of aromatic carboxylic acids is 1. The molecule has 0 atom stereocenters. The number of carboxylic acids is 1. The van der Waals surface area contributed by atoms with Crippen molar-refractivity contribution in [1.29, 1.82) is 0 Å². The number of aromatic nitrogens is 1. The highest BCUT2D eigenvalue weighted by Gasteiger charge is 2.31. The average molecular weight is 287 g/mol. The second-order valence-electron chi connectivity index (χ2n) is 3.99. The molecule has 5 nitrogen and oxygen atoms in total. The molecule has 2 rings (SSSR count). The van der Waals surface area contributed by atoms with Crippen LogP contribution in [0.4, 0.5) is 13.2 Å². The summed E-state index contributed by atoms with van der Waals surface area (Å²) in [6.07, 6.45) is -2.95. The Labute approximate surface area is 109 Å². The van der Waals surface area contributed by atoms with Crippen LogP contribution in [-0.2, 0) is 12.7 Å². The molecule has 0 aromatic carbocycles. The van der Waals surface area contributed by atoms with Crippen molar-refractivity contribution in [2.45, 2.75) is 12.7 Å². The lowest BCUT2D eigenvalue weighted by Gasteiger charge is -2.09. The monoisotopic (exact) mass is 287 g/mol. The summed E-state index contributed by atoms with van der Waals surface area (Å²) in [6, 6.07) is 2.63. The van der Waals surface area contributed by atoms with Crippen LogP contribution in [-0.4, -0.2) is 15.6 Å². The van der Waals surface area contributed by atoms with Crippen LogP contribution in [0.5, 0.6) is 0 Å². The summed E-state index contributed by atoms with van der Waals surface area (Å²) in [6.45, 7) is -0.282. The number of furan rings is 1. The molecule has 8 heteroatoms. The Kier molecular flexibility index (Phi) is 3.39. The molecule has 0 saturated carbocycles. The van der Waals surface area contributed by atoms with Crippen LogP contribution >= 0.6 is 0 Å². The highest BCUT2D eigenvalue weighted by Crippen LogP contribution is 2.28. The summed E-state index contributed by atoms with van der Waals surface area (Å²) >= 11 is 0. The number of hydrogen-bond donors (Lipinski definition) is 1. The topological polar surface area (TPSA) is 72.4 Å². The largest absolute Gasteiger partial charge is 0.478 e. The summed E-state index contributed by atoms with van der Waals surface area (Å²) in [5, 5.41) is 8.69. The third-order valence-corrected chi connectivity index (χ3v) is 2.54. The van der Waals surface area contributed by atoms with Crippen LogP contribution in [0.15, 0.2) is 39.9 Å². The molecule has 20 heavy (non-hydrogen) atoms. The van der Waals surface area contributed by atoms with Crippen LogP contribution < -0.4 is 5.56 Å². The van der Waals surface area contributed by atoms with Crippen molar-refractivity contribution in [1.82, 2.24) is 4.57 Å². The molecule has 0 bridgehead atoms. The summed E-state index contributed by atoms with van der Waals surface area (Å²) in [5.41, 5.74) is -1.76. The van der Waals surface area contributed by atoms with E-state index in [0.29, 0.717) is 12.3 Å². The van der Waals surface area contributed by atoms with Gasteiger partial charge >= 0.3 is 12.1 Å². The third kappa shape index (κ3) is 2.90. The molecule has 0 spiro atoms. The van der Waals surface area contributed by atoms with Gasteiger partial charge in [-0.25, -0.2) is 4.79 Å². The van der Waals surface area contributed by atoms with E-state index in [2.05, 4.69) is 0 Å². The SMILES string of the molecule is O=C(O)c1coc(Cn2cc(C(F)(F)F)ccc2=O)c1. The van der Waals surface area contributed by atoms with Crippen molar-refractivity contribution >= 4 is 5.97 Å². The maximum Gasteiger partial charge on any atom is 0.417 e. The molecule has 2 heterocycles. The maximum absolute atomic E-state index is 12.5. The van der Waals surface area contributed by atoms with E-state index in [9.17, 15) is 22.8 Å². The molecule has 0 fully saturated rings. The zero-order valence-electron chi connectivity index (χ0n) is 9.85. The molecule has 0 amide bonds. The van der Waals surface area contributed by atoms with E-state index in [1.54, 1.807) is 0 Å². The highest BCUT2D eigenvalue weighted by atomic mass is 19.4. The van der Waals surface area contributed by atoms with E-state index in [1.807, 2.05) is 0 Å². The molecule has 0 aliphatic heterocycles. The predicted octanol–water partition coefficient (Wildman–Crippen LogP) is 2.21. The van der Waals surface area contributed by atoms with Gasteiger partial charge in [0, 0.05) is 12.3 Å². The molecule has 1 N–H and O–H groups in total. The first-order valence-electron chi connectivity index (χ1n) is 5.36. The molecular weight excluding hydrogens is 279 g/mol. The second-order valence-corrected chi connectivity index (χ2v) is 3.99. The lowest BCUT2D eigenvalue weighted by molar-refractivity contribution is -0.138. The van der Waals surface area contributed by atoms with E-state index >= 15 is 0 Å². The van der Waals surface area contributed by atoms with Crippen LogP contribution in [0.2, 0.25) is 0 Å². The van der Waals surface area contributed by atoms with Crippen molar-refractivity contribution < 1.29 is 27.5 Å². The van der Waals surface area contributed by atoms with Crippen LogP contribution in [0.25, 0.3) is 0 Å². The van der Waals surface area contributed by atoms with Crippen LogP contribution in [0, 0.1) is 0 Å². The Bertz CT molecular complexity index is 699. The molecule has 2 aromatic rings. The van der Waals surface area contributed by atoms with E-state index < -0.39 is 23.3 Å². The first-order chi connectivity index (χ1) is 9.27. The van der Waals surface area contributed by atoms with Gasteiger partial charge in [-0.15, -0.1) is 0 Å². The molecule has 2 aromatic heterocycles. The van der Waals surface area contributed by atoms with Gasteiger partial charge in [0.2, 0.25) is 0 Å². The summed E-state index contributed by atoms with van der Waals surface area (Å²) in [5.74, 6) is -1.15. The predicted molar refractivity (Wildman–Crippen MR) is 60.5 cm³/mol. The molecule has 0 aliphatic rings. The number of pyridine rings is 1.